The molecule has 1 rings (SSSR count). The van der Waals surface area contributed by atoms with Gasteiger partial charge in [-0.15, -0.1) is 0 Å². The molecule has 1 atom stereocenters. The highest BCUT2D eigenvalue weighted by atomic mass is 79.9. The van der Waals surface area contributed by atoms with Crippen molar-refractivity contribution in [2.24, 2.45) is 0 Å². The summed E-state index contributed by atoms with van der Waals surface area (Å²) < 4.78 is 6.10. The van der Waals surface area contributed by atoms with Gasteiger partial charge in [-0.2, -0.15) is 0 Å². The third-order valence-electron chi connectivity index (χ3n) is 2.49. The number of benzene rings is 1. The molecule has 20 heavy (non-hydrogen) atoms. The molecule has 0 bridgehead atoms. The van der Waals surface area contributed by atoms with Gasteiger partial charge < -0.3 is 14.9 Å². The molecule has 5 nitrogen and oxygen atoms in total. The molecular formula is C14H15BrO5. The fourth-order valence-corrected chi connectivity index (χ4v) is 2.05. The van der Waals surface area contributed by atoms with Crippen LogP contribution in [0.4, 0.5) is 0 Å². The summed E-state index contributed by atoms with van der Waals surface area (Å²) in [6.07, 6.45) is 2.42. The molecule has 0 saturated carbocycles. The summed E-state index contributed by atoms with van der Waals surface area (Å²) in [5, 5.41) is 17.8. The van der Waals surface area contributed by atoms with Crippen LogP contribution in [0.15, 0.2) is 28.7 Å². The average Bonchev–Trinajstić information content (AvgIpc) is 2.38. The molecule has 1 aromatic carbocycles. The lowest BCUT2D eigenvalue weighted by molar-refractivity contribution is -0.145. The van der Waals surface area contributed by atoms with Gasteiger partial charge in [0.05, 0.1) is 4.47 Å². The van der Waals surface area contributed by atoms with Crippen LogP contribution in [-0.4, -0.2) is 28.3 Å². The van der Waals surface area contributed by atoms with E-state index in [0.29, 0.717) is 28.6 Å². The number of carbonyl (C=O) groups is 2. The summed E-state index contributed by atoms with van der Waals surface area (Å²) in [7, 11) is 0. The van der Waals surface area contributed by atoms with Gasteiger partial charge >= 0.3 is 11.9 Å². The average molecular weight is 343 g/mol. The van der Waals surface area contributed by atoms with Crippen molar-refractivity contribution in [1.82, 2.24) is 0 Å². The van der Waals surface area contributed by atoms with Gasteiger partial charge in [0.25, 0.3) is 0 Å². The largest absolute Gasteiger partial charge is 0.479 e. The summed E-state index contributed by atoms with van der Waals surface area (Å²) in [5.74, 6) is -1.80. The number of para-hydroxylation sites is 1. The van der Waals surface area contributed by atoms with Crippen LogP contribution < -0.4 is 4.74 Å². The van der Waals surface area contributed by atoms with E-state index in [1.54, 1.807) is 18.2 Å². The number of carboxylic acid groups (broad SMARTS) is 2. The fraction of sp³-hybridized carbons (Fsp3) is 0.286. The Balaban J connectivity index is 3.08. The standard InChI is InChI=1S/C14H15BrO5/c1-2-4-11(14(18)19)20-13-9(7-8-12(16)17)5-3-6-10(13)15/h3,5-8,11H,2,4H2,1H3,(H,16,17)(H,18,19)/b8-7+. The van der Waals surface area contributed by atoms with Gasteiger partial charge in [0.15, 0.2) is 6.10 Å². The predicted octanol–water partition coefficient (Wildman–Crippen LogP) is 3.18. The van der Waals surface area contributed by atoms with Crippen molar-refractivity contribution in [1.29, 1.82) is 0 Å². The van der Waals surface area contributed by atoms with E-state index < -0.39 is 18.0 Å². The SMILES string of the molecule is CCCC(Oc1c(Br)cccc1/C=C/C(=O)O)C(=O)O. The van der Waals surface area contributed by atoms with Crippen molar-refractivity contribution in [3.8, 4) is 5.75 Å². The van der Waals surface area contributed by atoms with E-state index in [-0.39, 0.29) is 0 Å². The highest BCUT2D eigenvalue weighted by molar-refractivity contribution is 9.10. The first-order valence-electron chi connectivity index (χ1n) is 6.04. The molecule has 0 radical (unpaired) electrons. The first-order valence-corrected chi connectivity index (χ1v) is 6.84. The zero-order valence-corrected chi connectivity index (χ0v) is 12.5. The third-order valence-corrected chi connectivity index (χ3v) is 3.11. The summed E-state index contributed by atoms with van der Waals surface area (Å²) in [6.45, 7) is 1.87. The van der Waals surface area contributed by atoms with Crippen LogP contribution in [0.5, 0.6) is 5.75 Å². The first kappa shape index (κ1) is 16.2. The van der Waals surface area contributed by atoms with Crippen LogP contribution >= 0.6 is 15.9 Å². The summed E-state index contributed by atoms with van der Waals surface area (Å²) >= 11 is 3.28. The molecule has 6 heteroatoms. The maximum atomic E-state index is 11.1. The Labute approximate surface area is 125 Å². The van der Waals surface area contributed by atoms with Crippen molar-refractivity contribution in [3.05, 3.63) is 34.3 Å². The predicted molar refractivity (Wildman–Crippen MR) is 77.8 cm³/mol. The number of hydrogen-bond acceptors (Lipinski definition) is 3. The minimum Gasteiger partial charge on any atom is -0.479 e. The monoisotopic (exact) mass is 342 g/mol. The van der Waals surface area contributed by atoms with Crippen LogP contribution in [0.1, 0.15) is 25.3 Å². The maximum absolute atomic E-state index is 11.1. The number of hydrogen-bond donors (Lipinski definition) is 2. The van der Waals surface area contributed by atoms with E-state index >= 15 is 0 Å². The molecule has 1 unspecified atom stereocenters. The summed E-state index contributed by atoms with van der Waals surface area (Å²) in [5.41, 5.74) is 0.504. The molecule has 0 aliphatic heterocycles. The van der Waals surface area contributed by atoms with Gasteiger partial charge in [0.2, 0.25) is 0 Å². The minimum absolute atomic E-state index is 0.325. The van der Waals surface area contributed by atoms with E-state index in [2.05, 4.69) is 15.9 Å². The van der Waals surface area contributed by atoms with Crippen molar-refractivity contribution in [3.63, 3.8) is 0 Å². The Hall–Kier alpha value is -1.82. The van der Waals surface area contributed by atoms with Gasteiger partial charge in [0.1, 0.15) is 5.75 Å². The molecule has 0 spiro atoms. The number of ether oxygens (including phenoxy) is 1. The lowest BCUT2D eigenvalue weighted by Crippen LogP contribution is -2.27. The zero-order valence-electron chi connectivity index (χ0n) is 10.9. The van der Waals surface area contributed by atoms with Gasteiger partial charge in [-0.1, -0.05) is 25.5 Å². The van der Waals surface area contributed by atoms with Crippen molar-refractivity contribution in [2.45, 2.75) is 25.9 Å². The van der Waals surface area contributed by atoms with Crippen LogP contribution in [0.25, 0.3) is 6.08 Å². The van der Waals surface area contributed by atoms with Crippen LogP contribution in [0.2, 0.25) is 0 Å². The molecular weight excluding hydrogens is 328 g/mol. The van der Waals surface area contributed by atoms with E-state index in [1.807, 2.05) is 6.92 Å². The number of halogens is 1. The van der Waals surface area contributed by atoms with Crippen LogP contribution in [0, 0.1) is 0 Å². The Kier molecular flexibility index (Phi) is 6.24. The summed E-state index contributed by atoms with van der Waals surface area (Å²) in [4.78, 5) is 21.7. The number of rotatable bonds is 7. The van der Waals surface area contributed by atoms with Crippen molar-refractivity contribution in [2.75, 3.05) is 0 Å². The molecule has 108 valence electrons. The smallest absolute Gasteiger partial charge is 0.344 e. The summed E-state index contributed by atoms with van der Waals surface area (Å²) in [6, 6.07) is 5.08. The highest BCUT2D eigenvalue weighted by Crippen LogP contribution is 2.31. The lowest BCUT2D eigenvalue weighted by Gasteiger charge is -2.17. The minimum atomic E-state index is -1.08. The second kappa shape index (κ2) is 7.69. The quantitative estimate of drug-likeness (QED) is 0.743. The molecule has 0 fully saturated rings. The zero-order chi connectivity index (χ0) is 15.1. The Morgan fingerprint density at radius 2 is 2.10 bits per heavy atom. The number of carboxylic acids is 2. The Morgan fingerprint density at radius 1 is 1.40 bits per heavy atom. The molecule has 0 amide bonds. The van der Waals surface area contributed by atoms with Gasteiger partial charge in [-0.3, -0.25) is 0 Å². The van der Waals surface area contributed by atoms with Crippen molar-refractivity contribution < 1.29 is 24.5 Å². The third kappa shape index (κ3) is 4.70. The Bertz CT molecular complexity index is 524. The molecule has 1 aromatic rings. The van der Waals surface area contributed by atoms with E-state index in [4.69, 9.17) is 14.9 Å². The molecule has 0 saturated heterocycles. The Morgan fingerprint density at radius 3 is 2.65 bits per heavy atom. The normalized spacial score (nSPS) is 12.3. The van der Waals surface area contributed by atoms with Crippen LogP contribution in [-0.2, 0) is 9.59 Å². The fourth-order valence-electron chi connectivity index (χ4n) is 1.58. The molecule has 0 aliphatic carbocycles. The highest BCUT2D eigenvalue weighted by Gasteiger charge is 2.20. The second-order valence-electron chi connectivity index (χ2n) is 4.06. The topological polar surface area (TPSA) is 83.8 Å². The van der Waals surface area contributed by atoms with Gasteiger partial charge in [0, 0.05) is 11.6 Å². The van der Waals surface area contributed by atoms with E-state index in [0.717, 1.165) is 6.08 Å². The number of aliphatic carboxylic acids is 2. The van der Waals surface area contributed by atoms with Gasteiger partial charge in [-0.05, 0) is 34.5 Å². The van der Waals surface area contributed by atoms with E-state index in [1.165, 1.54) is 6.08 Å². The van der Waals surface area contributed by atoms with E-state index in [9.17, 15) is 9.59 Å². The first-order chi connectivity index (χ1) is 9.45. The molecule has 0 aliphatic rings. The van der Waals surface area contributed by atoms with Gasteiger partial charge in [-0.25, -0.2) is 9.59 Å². The molecule has 2 N–H and O–H groups in total. The lowest BCUT2D eigenvalue weighted by atomic mass is 10.1. The van der Waals surface area contributed by atoms with Crippen molar-refractivity contribution >= 4 is 33.9 Å². The van der Waals surface area contributed by atoms with Crippen LogP contribution in [0.3, 0.4) is 0 Å². The molecule has 0 heterocycles. The maximum Gasteiger partial charge on any atom is 0.344 e. The second-order valence-corrected chi connectivity index (χ2v) is 4.92. The molecule has 0 aromatic heterocycles.